The maximum absolute atomic E-state index is 6.45. The summed E-state index contributed by atoms with van der Waals surface area (Å²) in [7, 11) is 6.45. The van der Waals surface area contributed by atoms with Crippen molar-refractivity contribution in [1.82, 2.24) is 29.9 Å². The molecule has 1 aliphatic rings. The predicted octanol–water partition coefficient (Wildman–Crippen LogP) is 2.38. The molecule has 172 valence electrons. The molecule has 0 aliphatic carbocycles. The van der Waals surface area contributed by atoms with Crippen LogP contribution in [-0.4, -0.2) is 56.9 Å². The van der Waals surface area contributed by atoms with Gasteiger partial charge < -0.3 is 25.1 Å². The molecule has 0 atom stereocenters. The summed E-state index contributed by atoms with van der Waals surface area (Å²) in [5.41, 5.74) is 9.05. The highest BCUT2D eigenvalue weighted by atomic mass is 16.5. The van der Waals surface area contributed by atoms with Crippen LogP contribution in [0.5, 0.6) is 23.3 Å². The monoisotopic (exact) mass is 464 g/mol. The summed E-state index contributed by atoms with van der Waals surface area (Å²) in [5.74, 6) is 2.51. The first-order valence-electron chi connectivity index (χ1n) is 11.3. The van der Waals surface area contributed by atoms with E-state index in [-0.39, 0.29) is 6.04 Å². The van der Waals surface area contributed by atoms with Crippen molar-refractivity contribution in [3.8, 4) is 23.3 Å². The van der Waals surface area contributed by atoms with Crippen LogP contribution in [0.1, 0.15) is 12.6 Å². The predicted molar refractivity (Wildman–Crippen MR) is 133 cm³/mol. The van der Waals surface area contributed by atoms with Crippen LogP contribution in [-0.2, 0) is 6.42 Å². The Balaban J connectivity index is 1.42. The van der Waals surface area contributed by atoms with E-state index < -0.39 is 0 Å². The van der Waals surface area contributed by atoms with Crippen molar-refractivity contribution in [2.75, 3.05) is 18.0 Å². The van der Waals surface area contributed by atoms with Crippen LogP contribution in [0.15, 0.2) is 49.3 Å². The first kappa shape index (κ1) is 21.3. The molecule has 0 amide bonds. The molecular weight excluding hydrogens is 443 g/mol. The second-order valence-corrected chi connectivity index (χ2v) is 8.38. The zero-order valence-corrected chi connectivity index (χ0v) is 19.0. The van der Waals surface area contributed by atoms with Crippen LogP contribution in [0.25, 0.3) is 21.8 Å². The van der Waals surface area contributed by atoms with Gasteiger partial charge in [-0.3, -0.25) is 0 Å². The average molecular weight is 464 g/mol. The van der Waals surface area contributed by atoms with Gasteiger partial charge in [-0.25, -0.2) is 19.9 Å². The maximum Gasteiger partial charge on any atom is 0.231 e. The molecule has 0 saturated carbocycles. The molecule has 2 radical (unpaired) electrons. The summed E-state index contributed by atoms with van der Waals surface area (Å²) in [6.45, 7) is 3.53. The number of nitrogens with one attached hydrogen (secondary N) is 1. The van der Waals surface area contributed by atoms with E-state index in [1.165, 1.54) is 6.33 Å². The highest BCUT2D eigenvalue weighted by Gasteiger charge is 2.26. The molecule has 11 heteroatoms. The molecule has 1 aromatic carbocycles. The lowest BCUT2D eigenvalue weighted by molar-refractivity contribution is 0.429. The fourth-order valence-corrected chi connectivity index (χ4v) is 4.24. The molecule has 0 spiro atoms. The van der Waals surface area contributed by atoms with Crippen molar-refractivity contribution in [1.29, 1.82) is 0 Å². The molecule has 3 N–H and O–H groups in total. The minimum absolute atomic E-state index is 0.152. The van der Waals surface area contributed by atoms with Crippen LogP contribution < -0.4 is 25.6 Å². The van der Waals surface area contributed by atoms with Gasteiger partial charge in [0.15, 0.2) is 5.75 Å². The number of H-pyrrole nitrogens is 1. The summed E-state index contributed by atoms with van der Waals surface area (Å²) < 4.78 is 12.2. The van der Waals surface area contributed by atoms with Gasteiger partial charge in [0.05, 0.1) is 28.8 Å². The first-order chi connectivity index (χ1) is 17.1. The number of aromatic amines is 1. The number of anilines is 1. The second-order valence-electron chi connectivity index (χ2n) is 8.38. The van der Waals surface area contributed by atoms with Crippen LogP contribution in [0, 0.1) is 0 Å². The lowest BCUT2D eigenvalue weighted by Crippen LogP contribution is -2.56. The molecule has 4 aromatic heterocycles. The molecule has 1 aliphatic heterocycles. The Morgan fingerprint density at radius 3 is 2.69 bits per heavy atom. The van der Waals surface area contributed by atoms with E-state index in [0.717, 1.165) is 47.4 Å². The standard InChI is InChI=1S/C24H21BN8O2/c1-2-17-22(25)21-19(31-17)6-20(34-15-7-27-11-28-8-15)32-24(21)35-14-3-4-18-16(5-14)23(30-12-29-18)33-9-13(26)10-33/h3-8,11-13,31H,2,9-10,26H2,1H3. The number of aromatic nitrogens is 6. The minimum Gasteiger partial charge on any atom is -0.438 e. The quantitative estimate of drug-likeness (QED) is 0.364. The molecule has 0 bridgehead atoms. The van der Waals surface area contributed by atoms with Gasteiger partial charge in [0, 0.05) is 36.3 Å². The number of aryl methyl sites for hydroxylation is 1. The fourth-order valence-electron chi connectivity index (χ4n) is 4.24. The van der Waals surface area contributed by atoms with Crippen LogP contribution in [0.3, 0.4) is 0 Å². The lowest BCUT2D eigenvalue weighted by Gasteiger charge is -2.38. The zero-order valence-electron chi connectivity index (χ0n) is 19.0. The normalized spacial score (nSPS) is 13.8. The van der Waals surface area contributed by atoms with E-state index in [1.807, 2.05) is 25.1 Å². The SMILES string of the molecule is [B]c1c(CC)[nH]c2cc(Oc3cncnc3)nc(Oc3ccc4ncnc(N5CC(N)C5)c4c3)c12. The van der Waals surface area contributed by atoms with Crippen molar-refractivity contribution >= 4 is 40.9 Å². The van der Waals surface area contributed by atoms with Crippen molar-refractivity contribution in [3.05, 3.63) is 55.0 Å². The highest BCUT2D eigenvalue weighted by molar-refractivity contribution is 6.40. The van der Waals surface area contributed by atoms with Gasteiger partial charge >= 0.3 is 0 Å². The van der Waals surface area contributed by atoms with Crippen LogP contribution in [0.2, 0.25) is 0 Å². The smallest absolute Gasteiger partial charge is 0.231 e. The number of hydrogen-bond acceptors (Lipinski definition) is 9. The molecule has 0 unspecified atom stereocenters. The van der Waals surface area contributed by atoms with Gasteiger partial charge in [-0.2, -0.15) is 4.98 Å². The topological polar surface area (TPSA) is 128 Å². The summed E-state index contributed by atoms with van der Waals surface area (Å²) in [6, 6.07) is 7.58. The Hall–Kier alpha value is -4.25. The van der Waals surface area contributed by atoms with E-state index in [9.17, 15) is 0 Å². The van der Waals surface area contributed by atoms with Crippen molar-refractivity contribution in [3.63, 3.8) is 0 Å². The fraction of sp³-hybridized carbons (Fsp3) is 0.208. The first-order valence-corrected chi connectivity index (χ1v) is 11.3. The van der Waals surface area contributed by atoms with Gasteiger partial charge in [-0.15, -0.1) is 0 Å². The minimum atomic E-state index is 0.152. The van der Waals surface area contributed by atoms with E-state index in [2.05, 4.69) is 34.8 Å². The molecule has 35 heavy (non-hydrogen) atoms. The average Bonchev–Trinajstić information content (AvgIpc) is 3.18. The summed E-state index contributed by atoms with van der Waals surface area (Å²) >= 11 is 0. The molecule has 5 heterocycles. The molecule has 6 rings (SSSR count). The van der Waals surface area contributed by atoms with Crippen LogP contribution in [0.4, 0.5) is 5.82 Å². The van der Waals surface area contributed by atoms with E-state index in [0.29, 0.717) is 34.1 Å². The second kappa shape index (κ2) is 8.51. The van der Waals surface area contributed by atoms with E-state index >= 15 is 0 Å². The number of nitrogens with zero attached hydrogens (tertiary/aromatic N) is 6. The van der Waals surface area contributed by atoms with Gasteiger partial charge in [0.2, 0.25) is 11.8 Å². The number of hydrogen-bond donors (Lipinski definition) is 2. The van der Waals surface area contributed by atoms with E-state index in [1.54, 1.807) is 24.8 Å². The van der Waals surface area contributed by atoms with Gasteiger partial charge in [-0.1, -0.05) is 12.4 Å². The highest BCUT2D eigenvalue weighted by Crippen LogP contribution is 2.35. The van der Waals surface area contributed by atoms with Crippen molar-refractivity contribution < 1.29 is 9.47 Å². The third-order valence-electron chi connectivity index (χ3n) is 5.97. The van der Waals surface area contributed by atoms with Crippen molar-refractivity contribution in [2.45, 2.75) is 19.4 Å². The summed E-state index contributed by atoms with van der Waals surface area (Å²) in [6.07, 6.45) is 6.85. The van der Waals surface area contributed by atoms with Crippen molar-refractivity contribution in [2.24, 2.45) is 5.73 Å². The third-order valence-corrected chi connectivity index (χ3v) is 5.97. The lowest BCUT2D eigenvalue weighted by atomic mass is 9.92. The number of pyridine rings is 1. The van der Waals surface area contributed by atoms with Gasteiger partial charge in [0.1, 0.15) is 32.1 Å². The summed E-state index contributed by atoms with van der Waals surface area (Å²) in [4.78, 5) is 26.9. The number of benzene rings is 1. The van der Waals surface area contributed by atoms with Gasteiger partial charge in [-0.05, 0) is 24.6 Å². The Bertz CT molecular complexity index is 1540. The Morgan fingerprint density at radius 2 is 1.91 bits per heavy atom. The number of fused-ring (bicyclic) bond motifs is 2. The molecule has 10 nitrogen and oxygen atoms in total. The largest absolute Gasteiger partial charge is 0.438 e. The summed E-state index contributed by atoms with van der Waals surface area (Å²) in [5, 5.41) is 1.56. The molecule has 5 aromatic rings. The Kier molecular flexibility index (Phi) is 5.18. The third kappa shape index (κ3) is 3.89. The molecular formula is C24H21BN8O2. The molecule has 1 saturated heterocycles. The van der Waals surface area contributed by atoms with Gasteiger partial charge in [0.25, 0.3) is 0 Å². The Labute approximate surface area is 202 Å². The maximum atomic E-state index is 6.45. The molecule has 1 fully saturated rings. The number of ether oxygens (including phenoxy) is 2. The number of rotatable bonds is 6. The zero-order chi connectivity index (χ0) is 23.9. The van der Waals surface area contributed by atoms with Crippen LogP contribution >= 0.6 is 0 Å². The van der Waals surface area contributed by atoms with E-state index in [4.69, 9.17) is 23.1 Å². The Morgan fingerprint density at radius 1 is 1.09 bits per heavy atom. The number of nitrogens with two attached hydrogens (primary N) is 1.